The van der Waals surface area contributed by atoms with E-state index in [9.17, 15) is 14.4 Å². The molecule has 0 unspecified atom stereocenters. The van der Waals surface area contributed by atoms with Crippen molar-refractivity contribution in [3.63, 3.8) is 0 Å². The van der Waals surface area contributed by atoms with Crippen molar-refractivity contribution in [1.29, 1.82) is 0 Å². The van der Waals surface area contributed by atoms with Gasteiger partial charge in [0.05, 0.1) is 6.04 Å². The minimum absolute atomic E-state index is 0.333. The van der Waals surface area contributed by atoms with Gasteiger partial charge in [0.2, 0.25) is 5.78 Å². The number of imidazole rings is 1. The van der Waals surface area contributed by atoms with E-state index in [1.54, 1.807) is 25.0 Å². The van der Waals surface area contributed by atoms with Crippen LogP contribution in [0.1, 0.15) is 64.0 Å². The van der Waals surface area contributed by atoms with E-state index in [0.717, 1.165) is 42.1 Å². The molecule has 1 aliphatic rings. The lowest BCUT2D eigenvalue weighted by molar-refractivity contribution is -0.141. The molecule has 0 aliphatic heterocycles. The van der Waals surface area contributed by atoms with Crippen LogP contribution in [-0.4, -0.2) is 56.7 Å². The highest BCUT2D eigenvalue weighted by Gasteiger charge is 2.43. The van der Waals surface area contributed by atoms with Crippen LogP contribution in [0.4, 0.5) is 4.79 Å². The Morgan fingerprint density at radius 2 is 1.77 bits per heavy atom. The molecule has 0 radical (unpaired) electrons. The van der Waals surface area contributed by atoms with Gasteiger partial charge in [-0.15, -0.1) is 0 Å². The van der Waals surface area contributed by atoms with Gasteiger partial charge in [-0.05, 0) is 50.3 Å². The number of carbonyl (C=O) groups is 3. The van der Waals surface area contributed by atoms with Gasteiger partial charge in [-0.3, -0.25) is 14.2 Å². The van der Waals surface area contributed by atoms with Crippen LogP contribution < -0.4 is 5.32 Å². The molecular weight excluding hydrogens is 524 g/mol. The molecule has 3 aromatic rings. The van der Waals surface area contributed by atoms with Crippen molar-refractivity contribution in [2.45, 2.75) is 75.2 Å². The van der Waals surface area contributed by atoms with Crippen molar-refractivity contribution >= 4 is 29.5 Å². The number of Topliss-reactive ketones (excluding diaryl/α,β-unsaturated/α-hetero) is 1. The van der Waals surface area contributed by atoms with Gasteiger partial charge >= 0.3 is 6.09 Å². The van der Waals surface area contributed by atoms with Gasteiger partial charge in [0, 0.05) is 30.9 Å². The lowest BCUT2D eigenvalue weighted by atomic mass is 9.82. The number of aromatic nitrogens is 2. The number of likely N-dealkylation sites (N-methyl/N-ethyl adjacent to an activating group) is 1. The molecule has 1 fully saturated rings. The van der Waals surface area contributed by atoms with Gasteiger partial charge in [0.15, 0.2) is 5.16 Å². The summed E-state index contributed by atoms with van der Waals surface area (Å²) in [6, 6.07) is 18.2. The first kappa shape index (κ1) is 29.4. The first-order valence-corrected chi connectivity index (χ1v) is 14.9. The van der Waals surface area contributed by atoms with Crippen LogP contribution in [-0.2, 0) is 14.3 Å². The van der Waals surface area contributed by atoms with Gasteiger partial charge in [0.1, 0.15) is 11.6 Å². The number of para-hydroxylation sites is 1. The van der Waals surface area contributed by atoms with Crippen molar-refractivity contribution in [3.8, 4) is 5.69 Å². The monoisotopic (exact) mass is 562 g/mol. The molecule has 0 spiro atoms. The molecule has 1 saturated carbocycles. The number of unbranched alkanes of at least 4 members (excludes halogenated alkanes) is 1. The predicted molar refractivity (Wildman–Crippen MR) is 156 cm³/mol. The molecule has 0 saturated heterocycles. The lowest BCUT2D eigenvalue weighted by Gasteiger charge is -2.42. The summed E-state index contributed by atoms with van der Waals surface area (Å²) in [6.07, 6.45) is 7.48. The summed E-state index contributed by atoms with van der Waals surface area (Å²) in [4.78, 5) is 45.4. The van der Waals surface area contributed by atoms with Crippen LogP contribution in [0.15, 0.2) is 78.2 Å². The Balaban J connectivity index is 1.40. The molecule has 1 N–H and O–H groups in total. The third-order valence-corrected chi connectivity index (χ3v) is 8.67. The van der Waals surface area contributed by atoms with Crippen molar-refractivity contribution in [1.82, 2.24) is 19.8 Å². The van der Waals surface area contributed by atoms with E-state index in [1.165, 1.54) is 4.90 Å². The lowest BCUT2D eigenvalue weighted by Crippen LogP contribution is -2.52. The topological polar surface area (TPSA) is 93.5 Å². The molecule has 212 valence electrons. The Labute approximate surface area is 240 Å². The predicted octanol–water partition coefficient (Wildman–Crippen LogP) is 5.96. The molecule has 40 heavy (non-hydrogen) atoms. The van der Waals surface area contributed by atoms with Crippen molar-refractivity contribution < 1.29 is 19.1 Å². The van der Waals surface area contributed by atoms with E-state index in [0.29, 0.717) is 18.6 Å². The van der Waals surface area contributed by atoms with Gasteiger partial charge in [0.25, 0.3) is 5.91 Å². The van der Waals surface area contributed by atoms with Crippen LogP contribution in [0, 0.1) is 0 Å². The van der Waals surface area contributed by atoms with E-state index in [-0.39, 0.29) is 6.04 Å². The number of benzene rings is 2. The molecular formula is C31H38N4O4S. The zero-order chi connectivity index (χ0) is 28.5. The van der Waals surface area contributed by atoms with Crippen LogP contribution in [0.2, 0.25) is 0 Å². The summed E-state index contributed by atoms with van der Waals surface area (Å²) < 4.78 is 8.08. The van der Waals surface area contributed by atoms with Gasteiger partial charge in [-0.25, -0.2) is 9.78 Å². The fraction of sp³-hybridized carbons (Fsp3) is 0.419. The number of rotatable bonds is 13. The van der Waals surface area contributed by atoms with E-state index in [2.05, 4.69) is 10.3 Å². The summed E-state index contributed by atoms with van der Waals surface area (Å²) in [6.45, 7) is 3.85. The van der Waals surface area contributed by atoms with Gasteiger partial charge in [-0.2, -0.15) is 0 Å². The molecule has 0 bridgehead atoms. The Morgan fingerprint density at radius 1 is 1.10 bits per heavy atom. The maximum Gasteiger partial charge on any atom is 0.410 e. The van der Waals surface area contributed by atoms with E-state index in [4.69, 9.17) is 4.74 Å². The largest absolute Gasteiger partial charge is 0.442 e. The molecule has 2 amide bonds. The number of amides is 2. The quantitative estimate of drug-likeness (QED) is 0.204. The first-order chi connectivity index (χ1) is 19.3. The molecule has 1 aromatic heterocycles. The first-order valence-electron chi connectivity index (χ1n) is 13.9. The summed E-state index contributed by atoms with van der Waals surface area (Å²) in [5.74, 6) is -0.768. The number of nitrogens with zero attached hydrogens (tertiary/aromatic N) is 3. The molecule has 2 aromatic carbocycles. The van der Waals surface area contributed by atoms with Crippen LogP contribution in [0.3, 0.4) is 0 Å². The number of carbonyl (C=O) groups excluding carboxylic acids is 3. The third-order valence-electron chi connectivity index (χ3n) is 7.43. The van der Waals surface area contributed by atoms with Crippen molar-refractivity contribution in [2.24, 2.45) is 0 Å². The average molecular weight is 563 g/mol. The minimum Gasteiger partial charge on any atom is -0.442 e. The highest BCUT2D eigenvalue weighted by Crippen LogP contribution is 2.40. The maximum atomic E-state index is 13.4. The van der Waals surface area contributed by atoms with Crippen LogP contribution >= 0.6 is 11.8 Å². The number of ether oxygens (including phenoxy) is 1. The van der Waals surface area contributed by atoms with Gasteiger partial charge in [-0.1, -0.05) is 80.1 Å². The Morgan fingerprint density at radius 3 is 2.40 bits per heavy atom. The number of nitrogens with one attached hydrogen (secondary N) is 1. The maximum absolute atomic E-state index is 13.4. The third kappa shape index (κ3) is 7.13. The van der Waals surface area contributed by atoms with Crippen LogP contribution in [0.5, 0.6) is 0 Å². The van der Waals surface area contributed by atoms with E-state index in [1.807, 2.05) is 85.3 Å². The van der Waals surface area contributed by atoms with Crippen molar-refractivity contribution in [3.05, 3.63) is 78.6 Å². The summed E-state index contributed by atoms with van der Waals surface area (Å²) in [5, 5.41) is 3.61. The second-order valence-corrected chi connectivity index (χ2v) is 11.3. The zero-order valence-electron chi connectivity index (χ0n) is 23.4. The smallest absolute Gasteiger partial charge is 0.410 e. The second-order valence-electron chi connectivity index (χ2n) is 10.3. The highest BCUT2D eigenvalue weighted by atomic mass is 32.2. The number of ketones is 1. The highest BCUT2D eigenvalue weighted by molar-refractivity contribution is 7.99. The fourth-order valence-electron chi connectivity index (χ4n) is 4.75. The number of hydrogen-bond acceptors (Lipinski definition) is 6. The van der Waals surface area contributed by atoms with E-state index < -0.39 is 29.4 Å². The number of thioether (sulfide) groups is 1. The van der Waals surface area contributed by atoms with Gasteiger partial charge < -0.3 is 15.0 Å². The average Bonchev–Trinajstić information content (AvgIpc) is 3.43. The van der Waals surface area contributed by atoms with Crippen molar-refractivity contribution in [2.75, 3.05) is 12.8 Å². The standard InChI is InChI=1S/C31H38N4O4S/c1-4-5-17-26(27(36)28(37)33-23(2)24-13-8-6-9-14-24)34(3)30(38)39-31(18-12-19-31)22-40-29-32-20-21-35(29)25-15-10-7-11-16-25/h6-11,13-16,20-21,23,26H,4-5,12,17-19,22H2,1-3H3,(H,33,37)/t23-,26+/m1/s1. The molecule has 8 nitrogen and oxygen atoms in total. The fourth-order valence-corrected chi connectivity index (χ4v) is 5.93. The molecule has 1 heterocycles. The summed E-state index contributed by atoms with van der Waals surface area (Å²) in [7, 11) is 1.55. The molecule has 9 heteroatoms. The SMILES string of the molecule is CCCC[C@@H](C(=O)C(=O)N[C@H](C)c1ccccc1)N(C)C(=O)OC1(CSc2nccn2-c2ccccc2)CCC1. The Kier molecular flexibility index (Phi) is 10.0. The Bertz CT molecular complexity index is 1280. The normalized spacial score (nSPS) is 15.4. The number of hydrogen-bond donors (Lipinski definition) is 1. The Hall–Kier alpha value is -3.59. The van der Waals surface area contributed by atoms with E-state index >= 15 is 0 Å². The minimum atomic E-state index is -0.891. The molecule has 4 rings (SSSR count). The molecule has 2 atom stereocenters. The van der Waals surface area contributed by atoms with Crippen LogP contribution in [0.25, 0.3) is 5.69 Å². The zero-order valence-corrected chi connectivity index (χ0v) is 24.2. The second kappa shape index (κ2) is 13.7. The molecule has 1 aliphatic carbocycles. The summed E-state index contributed by atoms with van der Waals surface area (Å²) >= 11 is 1.55. The summed E-state index contributed by atoms with van der Waals surface area (Å²) in [5.41, 5.74) is 1.28.